The topological polar surface area (TPSA) is 73.6 Å². The summed E-state index contributed by atoms with van der Waals surface area (Å²) in [4.78, 5) is 12.0. The van der Waals surface area contributed by atoms with Gasteiger partial charge in [0, 0.05) is 41.0 Å². The monoisotopic (exact) mass is 307 g/mol. The Labute approximate surface area is 123 Å². The van der Waals surface area contributed by atoms with Crippen LogP contribution >= 0.6 is 0 Å². The molecule has 0 spiro atoms. The molecule has 0 atom stereocenters. The first-order chi connectivity index (χ1) is 9.74. The molecule has 2 aromatic rings. The molecule has 7 heteroatoms. The summed E-state index contributed by atoms with van der Waals surface area (Å²) in [7, 11) is -0.503. The second kappa shape index (κ2) is 5.69. The van der Waals surface area contributed by atoms with Gasteiger partial charge in [-0.25, -0.2) is 9.00 Å². The number of carbonyl (C=O) groups is 1. The molecule has 0 saturated carbocycles. The predicted molar refractivity (Wildman–Crippen MR) is 81.4 cm³/mol. The van der Waals surface area contributed by atoms with Gasteiger partial charge in [0.1, 0.15) is 5.75 Å². The average molecular weight is 307 g/mol. The Balaban J connectivity index is 2.22. The van der Waals surface area contributed by atoms with Gasteiger partial charge < -0.3 is 4.74 Å². The summed E-state index contributed by atoms with van der Waals surface area (Å²) >= 11 is 0. The summed E-state index contributed by atoms with van der Waals surface area (Å²) in [5.41, 5.74) is 1.61. The van der Waals surface area contributed by atoms with E-state index in [1.807, 2.05) is 6.92 Å². The zero-order valence-electron chi connectivity index (χ0n) is 12.4. The minimum atomic E-state index is -2.26. The van der Waals surface area contributed by atoms with Crippen LogP contribution in [0, 0.1) is 6.92 Å². The number of hydrogen-bond acceptors (Lipinski definition) is 5. The Hall–Kier alpha value is -2.15. The molecule has 0 saturated heterocycles. The van der Waals surface area contributed by atoms with Crippen LogP contribution in [0.4, 0.5) is 5.69 Å². The van der Waals surface area contributed by atoms with Crippen LogP contribution in [0.25, 0.3) is 0 Å². The summed E-state index contributed by atoms with van der Waals surface area (Å²) in [6, 6.07) is 8.26. The van der Waals surface area contributed by atoms with Gasteiger partial charge >= 0.3 is 5.97 Å². The molecule has 21 heavy (non-hydrogen) atoms. The molecular weight excluding hydrogens is 290 g/mol. The first-order valence-electron chi connectivity index (χ1n) is 6.24. The zero-order valence-corrected chi connectivity index (χ0v) is 13.2. The van der Waals surface area contributed by atoms with E-state index in [0.717, 1.165) is 5.69 Å². The number of esters is 1. The van der Waals surface area contributed by atoms with Crippen molar-refractivity contribution in [3.05, 3.63) is 41.7 Å². The van der Waals surface area contributed by atoms with E-state index in [0.29, 0.717) is 11.4 Å². The van der Waals surface area contributed by atoms with Crippen molar-refractivity contribution < 1.29 is 13.7 Å². The third-order valence-corrected chi connectivity index (χ3v) is 3.33. The average Bonchev–Trinajstić information content (AvgIpc) is 2.68. The number of aromatic nitrogens is 2. The van der Waals surface area contributed by atoms with E-state index in [2.05, 4.69) is 9.46 Å². The molecule has 0 aliphatic heterocycles. The fourth-order valence-electron chi connectivity index (χ4n) is 1.68. The Morgan fingerprint density at radius 3 is 2.62 bits per heavy atom. The maximum Gasteiger partial charge on any atom is 0.364 e. The molecule has 0 N–H and O–H groups in total. The van der Waals surface area contributed by atoms with E-state index in [4.69, 9.17) is 4.74 Å². The minimum absolute atomic E-state index is 0.243. The fraction of sp³-hybridized carbons (Fsp3) is 0.286. The standard InChI is InChI=1S/C14H17N3O3S/c1-10-8-13(15-17(10)2)14(18)20-12-7-5-6-11(9-12)16-21(3,4)19/h5-9H,1-4H3. The highest BCUT2D eigenvalue weighted by atomic mass is 32.2. The van der Waals surface area contributed by atoms with Gasteiger partial charge in [-0.3, -0.25) is 4.68 Å². The summed E-state index contributed by atoms with van der Waals surface area (Å²) in [6.07, 6.45) is 3.09. The van der Waals surface area contributed by atoms with Crippen molar-refractivity contribution in [3.63, 3.8) is 0 Å². The number of benzene rings is 1. The van der Waals surface area contributed by atoms with E-state index in [9.17, 15) is 9.00 Å². The molecule has 1 aromatic heterocycles. The van der Waals surface area contributed by atoms with Gasteiger partial charge in [-0.2, -0.15) is 9.46 Å². The van der Waals surface area contributed by atoms with E-state index in [-0.39, 0.29) is 5.69 Å². The lowest BCUT2D eigenvalue weighted by Crippen LogP contribution is -2.09. The lowest BCUT2D eigenvalue weighted by atomic mass is 10.3. The molecule has 0 unspecified atom stereocenters. The Morgan fingerprint density at radius 2 is 2.05 bits per heavy atom. The molecule has 0 fully saturated rings. The minimum Gasteiger partial charge on any atom is -0.422 e. The van der Waals surface area contributed by atoms with E-state index in [1.54, 1.807) is 54.6 Å². The fourth-order valence-corrected chi connectivity index (χ4v) is 2.30. The smallest absolute Gasteiger partial charge is 0.364 e. The van der Waals surface area contributed by atoms with Crippen LogP contribution in [0.5, 0.6) is 5.75 Å². The summed E-state index contributed by atoms with van der Waals surface area (Å²) in [5, 5.41) is 4.06. The third kappa shape index (κ3) is 4.16. The van der Waals surface area contributed by atoms with Crippen LogP contribution in [0.1, 0.15) is 16.2 Å². The third-order valence-electron chi connectivity index (χ3n) is 2.68. The second-order valence-electron chi connectivity index (χ2n) is 4.95. The summed E-state index contributed by atoms with van der Waals surface area (Å²) in [6.45, 7) is 1.85. The molecule has 0 radical (unpaired) electrons. The SMILES string of the molecule is Cc1cc(C(=O)Oc2cccc(N=S(C)(C)=O)c2)nn1C. The number of rotatable bonds is 3. The van der Waals surface area contributed by atoms with Crippen LogP contribution in [-0.2, 0) is 16.8 Å². The van der Waals surface area contributed by atoms with Gasteiger partial charge in [0.2, 0.25) is 0 Å². The van der Waals surface area contributed by atoms with Crippen LogP contribution in [0.3, 0.4) is 0 Å². The Bertz CT molecular complexity index is 774. The molecule has 0 bridgehead atoms. The molecular formula is C14H17N3O3S. The van der Waals surface area contributed by atoms with Crippen LogP contribution in [0.2, 0.25) is 0 Å². The van der Waals surface area contributed by atoms with Gasteiger partial charge in [-0.1, -0.05) is 6.07 Å². The number of aryl methyl sites for hydroxylation is 2. The molecule has 1 heterocycles. The maximum absolute atomic E-state index is 12.0. The molecule has 1 aromatic carbocycles. The van der Waals surface area contributed by atoms with Crippen molar-refractivity contribution in [2.45, 2.75) is 6.92 Å². The number of ether oxygens (including phenoxy) is 1. The maximum atomic E-state index is 12.0. The number of carbonyl (C=O) groups excluding carboxylic acids is 1. The predicted octanol–water partition coefficient (Wildman–Crippen LogP) is 2.31. The summed E-state index contributed by atoms with van der Waals surface area (Å²) < 4.78 is 22.6. The van der Waals surface area contributed by atoms with E-state index >= 15 is 0 Å². The van der Waals surface area contributed by atoms with Crippen LogP contribution < -0.4 is 4.74 Å². The van der Waals surface area contributed by atoms with Crippen molar-refractivity contribution >= 4 is 21.4 Å². The van der Waals surface area contributed by atoms with Crippen molar-refractivity contribution in [1.29, 1.82) is 0 Å². The van der Waals surface area contributed by atoms with Crippen molar-refractivity contribution in [3.8, 4) is 5.75 Å². The largest absolute Gasteiger partial charge is 0.422 e. The van der Waals surface area contributed by atoms with E-state index < -0.39 is 15.7 Å². The first kappa shape index (κ1) is 15.2. The van der Waals surface area contributed by atoms with Gasteiger partial charge in [0.15, 0.2) is 5.69 Å². The molecule has 112 valence electrons. The highest BCUT2D eigenvalue weighted by Gasteiger charge is 2.13. The highest BCUT2D eigenvalue weighted by Crippen LogP contribution is 2.21. The lowest BCUT2D eigenvalue weighted by Gasteiger charge is -2.03. The van der Waals surface area contributed by atoms with Gasteiger partial charge in [-0.05, 0) is 25.1 Å². The normalized spacial score (nSPS) is 11.2. The molecule has 2 rings (SSSR count). The Kier molecular flexibility index (Phi) is 4.13. The lowest BCUT2D eigenvalue weighted by molar-refractivity contribution is 0.0728. The van der Waals surface area contributed by atoms with Gasteiger partial charge in [0.05, 0.1) is 5.69 Å². The zero-order chi connectivity index (χ0) is 15.6. The number of hydrogen-bond donors (Lipinski definition) is 0. The quantitative estimate of drug-likeness (QED) is 0.644. The van der Waals surface area contributed by atoms with Crippen LogP contribution in [0.15, 0.2) is 34.7 Å². The summed E-state index contributed by atoms with van der Waals surface area (Å²) in [5.74, 6) is -0.196. The Morgan fingerprint density at radius 1 is 1.33 bits per heavy atom. The molecule has 0 amide bonds. The van der Waals surface area contributed by atoms with Crippen molar-refractivity contribution in [2.24, 2.45) is 11.4 Å². The first-order valence-corrected chi connectivity index (χ1v) is 8.58. The highest BCUT2D eigenvalue weighted by molar-refractivity contribution is 7.92. The van der Waals surface area contributed by atoms with Crippen molar-refractivity contribution in [2.75, 3.05) is 12.5 Å². The molecule has 0 aliphatic rings. The number of nitrogens with zero attached hydrogens (tertiary/aromatic N) is 3. The molecule has 6 nitrogen and oxygen atoms in total. The molecule has 0 aliphatic carbocycles. The van der Waals surface area contributed by atoms with Gasteiger partial charge in [0.25, 0.3) is 0 Å². The van der Waals surface area contributed by atoms with E-state index in [1.165, 1.54) is 0 Å². The second-order valence-corrected chi connectivity index (χ2v) is 7.50. The van der Waals surface area contributed by atoms with Crippen LogP contribution in [-0.4, -0.2) is 32.5 Å². The van der Waals surface area contributed by atoms with Crippen molar-refractivity contribution in [1.82, 2.24) is 9.78 Å². The van der Waals surface area contributed by atoms with Gasteiger partial charge in [-0.15, -0.1) is 0 Å².